The summed E-state index contributed by atoms with van der Waals surface area (Å²) in [4.78, 5) is 0. The fraction of sp³-hybridized carbons (Fsp3) is 0.267. The van der Waals surface area contributed by atoms with Crippen LogP contribution in [0, 0.1) is 6.92 Å². The quantitative estimate of drug-likeness (QED) is 0.316. The first-order valence-corrected chi connectivity index (χ1v) is 11.4. The summed E-state index contributed by atoms with van der Waals surface area (Å²) in [5.74, 6) is 2.18. The number of phenols is 3. The number of benzene rings is 3. The van der Waals surface area contributed by atoms with Crippen LogP contribution in [0.2, 0.25) is 0 Å². The first-order valence-electron chi connectivity index (χ1n) is 11.4. The molecule has 3 N–H and O–H groups in total. The maximum Gasteiger partial charge on any atom is 0.160 e. The molecule has 0 saturated heterocycles. The van der Waals surface area contributed by atoms with Crippen LogP contribution >= 0.6 is 0 Å². The SMILES string of the molecule is C=CCc1ccc(O)c(OC)c1.C=CCc1ccc(O)c(OC)c1.Cc1ccc(C(C)C)c(O)c1. The van der Waals surface area contributed by atoms with Crippen LogP contribution in [0.5, 0.6) is 28.7 Å². The summed E-state index contributed by atoms with van der Waals surface area (Å²) in [6.07, 6.45) is 5.20. The second kappa shape index (κ2) is 15.1. The van der Waals surface area contributed by atoms with E-state index in [0.29, 0.717) is 23.2 Å². The third-order valence-corrected chi connectivity index (χ3v) is 5.06. The van der Waals surface area contributed by atoms with Crippen LogP contribution in [-0.4, -0.2) is 29.5 Å². The van der Waals surface area contributed by atoms with Crippen LogP contribution < -0.4 is 9.47 Å². The lowest BCUT2D eigenvalue weighted by Gasteiger charge is -2.07. The standard InChI is InChI=1S/2C10H12O2.C10H14O/c2*1-3-4-8-5-6-9(11)10(7-8)12-2;1-7(2)9-5-4-8(3)6-10(9)11/h2*3,5-7,11H,1,4H2,2H3;4-7,11H,1-3H3. The number of rotatable bonds is 7. The molecule has 3 rings (SSSR count). The number of phenolic OH excluding ortho intramolecular Hbond substituents is 3. The molecule has 0 aromatic heterocycles. The molecule has 5 nitrogen and oxygen atoms in total. The predicted molar refractivity (Wildman–Crippen MR) is 144 cm³/mol. The number of ether oxygens (including phenoxy) is 2. The van der Waals surface area contributed by atoms with Crippen molar-refractivity contribution in [3.05, 3.63) is 102 Å². The van der Waals surface area contributed by atoms with Crippen LogP contribution in [0.15, 0.2) is 79.9 Å². The van der Waals surface area contributed by atoms with Crippen molar-refractivity contribution in [2.75, 3.05) is 14.2 Å². The molecule has 3 aromatic carbocycles. The van der Waals surface area contributed by atoms with Crippen molar-refractivity contribution in [1.29, 1.82) is 0 Å². The minimum absolute atomic E-state index is 0.172. The molecule has 0 radical (unpaired) electrons. The van der Waals surface area contributed by atoms with Crippen LogP contribution in [0.25, 0.3) is 0 Å². The Morgan fingerprint density at radius 3 is 1.51 bits per heavy atom. The molecule has 35 heavy (non-hydrogen) atoms. The summed E-state index contributed by atoms with van der Waals surface area (Å²) in [5.41, 5.74) is 4.29. The van der Waals surface area contributed by atoms with Gasteiger partial charge in [0, 0.05) is 0 Å². The van der Waals surface area contributed by atoms with Gasteiger partial charge in [-0.15, -0.1) is 13.2 Å². The molecule has 0 heterocycles. The highest BCUT2D eigenvalue weighted by atomic mass is 16.5. The number of allylic oxidation sites excluding steroid dienone is 2. The summed E-state index contributed by atoms with van der Waals surface area (Å²) >= 11 is 0. The van der Waals surface area contributed by atoms with Crippen LogP contribution in [0.1, 0.15) is 42.0 Å². The third-order valence-electron chi connectivity index (χ3n) is 5.06. The Labute approximate surface area is 209 Å². The zero-order valence-corrected chi connectivity index (χ0v) is 21.4. The van der Waals surface area contributed by atoms with Gasteiger partial charge in [0.1, 0.15) is 5.75 Å². The van der Waals surface area contributed by atoms with Gasteiger partial charge in [0.15, 0.2) is 23.0 Å². The van der Waals surface area contributed by atoms with Crippen LogP contribution in [0.3, 0.4) is 0 Å². The molecule has 3 aromatic rings. The van der Waals surface area contributed by atoms with Gasteiger partial charge in [-0.1, -0.05) is 50.3 Å². The zero-order valence-electron chi connectivity index (χ0n) is 21.4. The van der Waals surface area contributed by atoms with E-state index in [1.807, 2.05) is 43.3 Å². The maximum absolute atomic E-state index is 9.46. The third kappa shape index (κ3) is 9.88. The molecular formula is C30H38O5. The number of methoxy groups -OCH3 is 2. The largest absolute Gasteiger partial charge is 0.508 e. The lowest BCUT2D eigenvalue weighted by atomic mass is 10.0. The highest BCUT2D eigenvalue weighted by Crippen LogP contribution is 2.27. The van der Waals surface area contributed by atoms with Gasteiger partial charge in [0.2, 0.25) is 0 Å². The first kappa shape index (κ1) is 29.2. The number of aromatic hydroxyl groups is 3. The Balaban J connectivity index is 0.000000263. The van der Waals surface area contributed by atoms with Gasteiger partial charge in [-0.3, -0.25) is 0 Å². The van der Waals surface area contributed by atoms with Crippen molar-refractivity contribution in [2.45, 2.75) is 39.5 Å². The van der Waals surface area contributed by atoms with Gasteiger partial charge in [0.05, 0.1) is 14.2 Å². The topological polar surface area (TPSA) is 79.2 Å². The summed E-state index contributed by atoms with van der Waals surface area (Å²) in [7, 11) is 3.07. The molecule has 0 aliphatic rings. The number of hydrogen-bond acceptors (Lipinski definition) is 5. The predicted octanol–water partition coefficient (Wildman–Crippen LogP) is 7.08. The van der Waals surface area contributed by atoms with Gasteiger partial charge >= 0.3 is 0 Å². The molecule has 0 atom stereocenters. The smallest absolute Gasteiger partial charge is 0.160 e. The van der Waals surface area contributed by atoms with Gasteiger partial charge in [-0.05, 0) is 78.3 Å². The van der Waals surface area contributed by atoms with Gasteiger partial charge in [0.25, 0.3) is 0 Å². The molecule has 0 saturated carbocycles. The van der Waals surface area contributed by atoms with E-state index in [2.05, 4.69) is 27.0 Å². The van der Waals surface area contributed by atoms with Crippen molar-refractivity contribution >= 4 is 0 Å². The van der Waals surface area contributed by atoms with Crippen molar-refractivity contribution in [3.8, 4) is 28.7 Å². The lowest BCUT2D eigenvalue weighted by Crippen LogP contribution is -1.87. The summed E-state index contributed by atoms with van der Waals surface area (Å²) in [5, 5.41) is 28.0. The molecule has 0 spiro atoms. The second-order valence-corrected chi connectivity index (χ2v) is 8.21. The minimum Gasteiger partial charge on any atom is -0.508 e. The first-order chi connectivity index (χ1) is 16.7. The number of aryl methyl sites for hydroxylation is 1. The highest BCUT2D eigenvalue weighted by molar-refractivity contribution is 5.43. The summed E-state index contributed by atoms with van der Waals surface area (Å²) < 4.78 is 9.90. The normalized spacial score (nSPS) is 9.77. The van der Waals surface area contributed by atoms with E-state index in [9.17, 15) is 15.3 Å². The van der Waals surface area contributed by atoms with E-state index < -0.39 is 0 Å². The Kier molecular flexibility index (Phi) is 12.6. The molecule has 5 heteroatoms. The second-order valence-electron chi connectivity index (χ2n) is 8.21. The van der Waals surface area contributed by atoms with E-state index in [1.165, 1.54) is 14.2 Å². The fourth-order valence-corrected chi connectivity index (χ4v) is 3.17. The van der Waals surface area contributed by atoms with Crippen LogP contribution in [0.4, 0.5) is 0 Å². The summed E-state index contributed by atoms with van der Waals surface area (Å²) in [6.45, 7) is 13.4. The van der Waals surface area contributed by atoms with E-state index in [0.717, 1.165) is 35.1 Å². The Hall–Kier alpha value is -3.86. The molecule has 0 amide bonds. The average molecular weight is 479 g/mol. The Bertz CT molecular complexity index is 1030. The molecule has 0 fully saturated rings. The van der Waals surface area contributed by atoms with Crippen molar-refractivity contribution in [1.82, 2.24) is 0 Å². The van der Waals surface area contributed by atoms with Gasteiger partial charge in [-0.25, -0.2) is 0 Å². The fourth-order valence-electron chi connectivity index (χ4n) is 3.17. The monoisotopic (exact) mass is 478 g/mol. The molecule has 0 aliphatic carbocycles. The summed E-state index contributed by atoms with van der Waals surface area (Å²) in [6, 6.07) is 16.3. The van der Waals surface area contributed by atoms with Crippen molar-refractivity contribution in [2.24, 2.45) is 0 Å². The number of hydrogen-bond donors (Lipinski definition) is 3. The maximum atomic E-state index is 9.46. The molecule has 188 valence electrons. The Morgan fingerprint density at radius 1 is 0.714 bits per heavy atom. The molecule has 0 unspecified atom stereocenters. The minimum atomic E-state index is 0.172. The average Bonchev–Trinajstić information content (AvgIpc) is 2.82. The molecule has 0 bridgehead atoms. The van der Waals surface area contributed by atoms with Gasteiger partial charge in [-0.2, -0.15) is 0 Å². The Morgan fingerprint density at radius 2 is 1.17 bits per heavy atom. The van der Waals surface area contributed by atoms with Gasteiger partial charge < -0.3 is 24.8 Å². The highest BCUT2D eigenvalue weighted by Gasteiger charge is 2.04. The lowest BCUT2D eigenvalue weighted by molar-refractivity contribution is 0.373. The van der Waals surface area contributed by atoms with E-state index in [-0.39, 0.29) is 11.5 Å². The van der Waals surface area contributed by atoms with E-state index in [1.54, 1.807) is 30.3 Å². The van der Waals surface area contributed by atoms with Crippen LogP contribution in [-0.2, 0) is 12.8 Å². The van der Waals surface area contributed by atoms with Crippen molar-refractivity contribution < 1.29 is 24.8 Å². The molecule has 0 aliphatic heterocycles. The van der Waals surface area contributed by atoms with E-state index >= 15 is 0 Å². The molecular weight excluding hydrogens is 440 g/mol. The van der Waals surface area contributed by atoms with Crippen molar-refractivity contribution in [3.63, 3.8) is 0 Å². The van der Waals surface area contributed by atoms with E-state index in [4.69, 9.17) is 9.47 Å². The zero-order chi connectivity index (χ0) is 26.4.